The van der Waals surface area contributed by atoms with Gasteiger partial charge in [0.05, 0.1) is 5.56 Å². The van der Waals surface area contributed by atoms with Gasteiger partial charge in [0.1, 0.15) is 11.1 Å². The number of aromatic nitrogens is 2. The van der Waals surface area contributed by atoms with Crippen LogP contribution in [0.2, 0.25) is 5.02 Å². The number of hydrogen-bond donors (Lipinski definition) is 0. The van der Waals surface area contributed by atoms with Crippen molar-refractivity contribution in [2.45, 2.75) is 18.9 Å². The van der Waals surface area contributed by atoms with E-state index < -0.39 is 0 Å². The van der Waals surface area contributed by atoms with Gasteiger partial charge in [-0.2, -0.15) is 0 Å². The minimum absolute atomic E-state index is 0.00637. The van der Waals surface area contributed by atoms with E-state index in [1.807, 2.05) is 4.90 Å². The zero-order valence-corrected chi connectivity index (χ0v) is 14.6. The summed E-state index contributed by atoms with van der Waals surface area (Å²) < 4.78 is 6.64. The van der Waals surface area contributed by atoms with E-state index in [-0.39, 0.29) is 12.0 Å². The van der Waals surface area contributed by atoms with Gasteiger partial charge in [0.25, 0.3) is 5.91 Å². The van der Waals surface area contributed by atoms with Gasteiger partial charge in [-0.05, 0) is 34.1 Å². The van der Waals surface area contributed by atoms with Crippen molar-refractivity contribution in [2.24, 2.45) is 0 Å². The van der Waals surface area contributed by atoms with E-state index in [9.17, 15) is 4.79 Å². The number of rotatable bonds is 3. The fraction of sp³-hybridized carbons (Fsp3) is 0.312. The second kappa shape index (κ2) is 7.27. The third-order valence-electron chi connectivity index (χ3n) is 3.68. The maximum atomic E-state index is 12.5. The second-order valence-corrected chi connectivity index (χ2v) is 6.61. The zero-order chi connectivity index (χ0) is 16.2. The van der Waals surface area contributed by atoms with Crippen molar-refractivity contribution in [2.75, 3.05) is 13.1 Å². The molecule has 2 aromatic rings. The Balaban J connectivity index is 1.58. The predicted octanol–water partition coefficient (Wildman–Crippen LogP) is 3.58. The van der Waals surface area contributed by atoms with Crippen LogP contribution in [0, 0.1) is 0 Å². The summed E-state index contributed by atoms with van der Waals surface area (Å²) in [6.07, 6.45) is 6.42. The van der Waals surface area contributed by atoms with E-state index in [1.54, 1.807) is 36.8 Å². The maximum absolute atomic E-state index is 12.5. The van der Waals surface area contributed by atoms with Crippen molar-refractivity contribution in [3.05, 3.63) is 51.8 Å². The summed E-state index contributed by atoms with van der Waals surface area (Å²) in [5, 5.41) is 0.506. The molecule has 2 aromatic heterocycles. The molecule has 0 unspecified atom stereocenters. The lowest BCUT2D eigenvalue weighted by atomic mass is 10.1. The lowest BCUT2D eigenvalue weighted by Crippen LogP contribution is -2.41. The molecule has 0 aromatic carbocycles. The quantitative estimate of drug-likeness (QED) is 0.796. The summed E-state index contributed by atoms with van der Waals surface area (Å²) in [5.74, 6) is 0.447. The van der Waals surface area contributed by atoms with Gasteiger partial charge in [-0.25, -0.2) is 4.98 Å². The normalized spacial score (nSPS) is 15.5. The molecule has 1 amide bonds. The first-order valence-electron chi connectivity index (χ1n) is 7.30. The molecule has 23 heavy (non-hydrogen) atoms. The monoisotopic (exact) mass is 395 g/mol. The smallest absolute Gasteiger partial charge is 0.255 e. The van der Waals surface area contributed by atoms with E-state index in [2.05, 4.69) is 25.9 Å². The Kier molecular flexibility index (Phi) is 5.13. The average Bonchev–Trinajstić information content (AvgIpc) is 2.57. The van der Waals surface area contributed by atoms with Gasteiger partial charge < -0.3 is 9.64 Å². The number of nitrogens with zero attached hydrogens (tertiary/aromatic N) is 3. The molecule has 0 saturated carbocycles. The summed E-state index contributed by atoms with van der Waals surface area (Å²) in [5.41, 5.74) is 0.589. The van der Waals surface area contributed by atoms with E-state index in [0.29, 0.717) is 29.6 Å². The number of carbonyl (C=O) groups excluding carboxylic acids is 1. The van der Waals surface area contributed by atoms with Crippen LogP contribution in [0.5, 0.6) is 5.88 Å². The number of piperidine rings is 1. The molecule has 0 N–H and O–H groups in total. The number of amides is 1. The molecular formula is C16H15BrClN3O2. The molecular weight excluding hydrogens is 382 g/mol. The number of halogens is 2. The van der Waals surface area contributed by atoms with Crippen LogP contribution in [-0.2, 0) is 0 Å². The highest BCUT2D eigenvalue weighted by atomic mass is 79.9. The molecule has 3 heterocycles. The topological polar surface area (TPSA) is 55.3 Å². The van der Waals surface area contributed by atoms with Crippen LogP contribution < -0.4 is 4.74 Å². The van der Waals surface area contributed by atoms with E-state index >= 15 is 0 Å². The SMILES string of the molecule is O=C(c1cncc(Br)c1)N1CCC(Oc2ncccc2Cl)CC1. The minimum Gasteiger partial charge on any atom is -0.473 e. The summed E-state index contributed by atoms with van der Waals surface area (Å²) in [4.78, 5) is 22.5. The third kappa shape index (κ3) is 4.00. The van der Waals surface area contributed by atoms with Crippen molar-refractivity contribution >= 4 is 33.4 Å². The van der Waals surface area contributed by atoms with Crippen LogP contribution >= 0.6 is 27.5 Å². The van der Waals surface area contributed by atoms with Crippen LogP contribution in [0.1, 0.15) is 23.2 Å². The first-order valence-corrected chi connectivity index (χ1v) is 8.47. The van der Waals surface area contributed by atoms with Crippen LogP contribution in [-0.4, -0.2) is 40.0 Å². The van der Waals surface area contributed by atoms with Crippen molar-refractivity contribution in [1.82, 2.24) is 14.9 Å². The van der Waals surface area contributed by atoms with Crippen LogP contribution in [0.4, 0.5) is 0 Å². The number of carbonyl (C=O) groups is 1. The number of pyridine rings is 2. The van der Waals surface area contributed by atoms with Crippen LogP contribution in [0.3, 0.4) is 0 Å². The molecule has 120 valence electrons. The van der Waals surface area contributed by atoms with Crippen molar-refractivity contribution < 1.29 is 9.53 Å². The lowest BCUT2D eigenvalue weighted by molar-refractivity contribution is 0.0587. The lowest BCUT2D eigenvalue weighted by Gasteiger charge is -2.32. The van der Waals surface area contributed by atoms with E-state index in [4.69, 9.17) is 16.3 Å². The van der Waals surface area contributed by atoms with Gasteiger partial charge in [-0.3, -0.25) is 9.78 Å². The second-order valence-electron chi connectivity index (χ2n) is 5.29. The van der Waals surface area contributed by atoms with E-state index in [0.717, 1.165) is 17.3 Å². The fourth-order valence-corrected chi connectivity index (χ4v) is 3.03. The van der Waals surface area contributed by atoms with Gasteiger partial charge >= 0.3 is 0 Å². The average molecular weight is 397 g/mol. The van der Waals surface area contributed by atoms with E-state index in [1.165, 1.54) is 0 Å². The summed E-state index contributed by atoms with van der Waals surface area (Å²) in [7, 11) is 0. The molecule has 0 aliphatic carbocycles. The summed E-state index contributed by atoms with van der Waals surface area (Å²) >= 11 is 9.39. The predicted molar refractivity (Wildman–Crippen MR) is 90.7 cm³/mol. The van der Waals surface area contributed by atoms with Gasteiger partial charge in [-0.1, -0.05) is 11.6 Å². The molecule has 1 saturated heterocycles. The molecule has 3 rings (SSSR count). The first kappa shape index (κ1) is 16.2. The van der Waals surface area contributed by atoms with Crippen molar-refractivity contribution in [1.29, 1.82) is 0 Å². The maximum Gasteiger partial charge on any atom is 0.255 e. The van der Waals surface area contributed by atoms with Gasteiger partial charge in [0, 0.05) is 49.0 Å². The number of hydrogen-bond acceptors (Lipinski definition) is 4. The van der Waals surface area contributed by atoms with Crippen LogP contribution in [0.15, 0.2) is 41.3 Å². The first-order chi connectivity index (χ1) is 11.1. The molecule has 1 fully saturated rings. The molecule has 0 radical (unpaired) electrons. The fourth-order valence-electron chi connectivity index (χ4n) is 2.50. The number of ether oxygens (including phenoxy) is 1. The molecule has 0 spiro atoms. The molecule has 0 bridgehead atoms. The molecule has 5 nitrogen and oxygen atoms in total. The zero-order valence-electron chi connectivity index (χ0n) is 12.3. The molecule has 1 aliphatic rings. The Morgan fingerprint density at radius 2 is 2.13 bits per heavy atom. The van der Waals surface area contributed by atoms with Crippen molar-refractivity contribution in [3.63, 3.8) is 0 Å². The Morgan fingerprint density at radius 1 is 1.35 bits per heavy atom. The molecule has 7 heteroatoms. The standard InChI is InChI=1S/C16H15BrClN3O2/c17-12-8-11(9-19-10-12)16(22)21-6-3-13(4-7-21)23-15-14(18)2-1-5-20-15/h1-2,5,8-10,13H,3-4,6-7H2. The highest BCUT2D eigenvalue weighted by molar-refractivity contribution is 9.10. The van der Waals surface area contributed by atoms with Crippen LogP contribution in [0.25, 0.3) is 0 Å². The number of likely N-dealkylation sites (tertiary alicyclic amines) is 1. The Labute approximate surface area is 147 Å². The highest BCUT2D eigenvalue weighted by Crippen LogP contribution is 2.24. The Hall–Kier alpha value is -1.66. The Bertz CT molecular complexity index is 705. The largest absolute Gasteiger partial charge is 0.473 e. The third-order valence-corrected chi connectivity index (χ3v) is 4.41. The minimum atomic E-state index is -0.00637. The van der Waals surface area contributed by atoms with Gasteiger partial charge in [-0.15, -0.1) is 0 Å². The van der Waals surface area contributed by atoms with Crippen molar-refractivity contribution in [3.8, 4) is 5.88 Å². The molecule has 0 atom stereocenters. The Morgan fingerprint density at radius 3 is 2.83 bits per heavy atom. The summed E-state index contributed by atoms with van der Waals surface area (Å²) in [6, 6.07) is 5.30. The van der Waals surface area contributed by atoms with Gasteiger partial charge in [0.15, 0.2) is 0 Å². The highest BCUT2D eigenvalue weighted by Gasteiger charge is 2.25. The summed E-state index contributed by atoms with van der Waals surface area (Å²) in [6.45, 7) is 1.28. The van der Waals surface area contributed by atoms with Gasteiger partial charge in [0.2, 0.25) is 5.88 Å². The molecule has 1 aliphatic heterocycles.